The second-order valence-electron chi connectivity index (χ2n) is 4.95. The van der Waals surface area contributed by atoms with Crippen LogP contribution in [0.15, 0.2) is 36.4 Å². The average molecular weight is 315 g/mol. The van der Waals surface area contributed by atoms with Crippen LogP contribution in [0, 0.1) is 0 Å². The summed E-state index contributed by atoms with van der Waals surface area (Å²) in [6.45, 7) is -0.333. The highest BCUT2D eigenvalue weighted by Gasteiger charge is 2.29. The van der Waals surface area contributed by atoms with E-state index in [1.54, 1.807) is 18.2 Å². The molecule has 23 heavy (non-hydrogen) atoms. The Hall–Kier alpha value is -3.09. The molecular weight excluding hydrogens is 302 g/mol. The first-order chi connectivity index (χ1) is 11.1. The van der Waals surface area contributed by atoms with Crippen LogP contribution in [0.3, 0.4) is 0 Å². The van der Waals surface area contributed by atoms with Crippen LogP contribution in [-0.2, 0) is 14.3 Å². The molecule has 0 aliphatic carbocycles. The second-order valence-corrected chi connectivity index (χ2v) is 4.95. The van der Waals surface area contributed by atoms with Crippen LogP contribution in [0.25, 0.3) is 10.8 Å². The lowest BCUT2D eigenvalue weighted by atomic mass is 10.1. The highest BCUT2D eigenvalue weighted by atomic mass is 16.6. The van der Waals surface area contributed by atoms with Crippen LogP contribution >= 0.6 is 0 Å². The van der Waals surface area contributed by atoms with Gasteiger partial charge in [-0.05, 0) is 22.9 Å². The highest BCUT2D eigenvalue weighted by Crippen LogP contribution is 2.25. The number of phenols is 1. The Labute approximate surface area is 131 Å². The molecule has 0 atom stereocenters. The molecule has 1 fully saturated rings. The molecule has 0 saturated carbocycles. The van der Waals surface area contributed by atoms with E-state index in [-0.39, 0.29) is 24.5 Å². The van der Waals surface area contributed by atoms with Crippen LogP contribution in [0.1, 0.15) is 10.4 Å². The lowest BCUT2D eigenvalue weighted by molar-refractivity contribution is -0.131. The molecule has 1 saturated heterocycles. The SMILES string of the molecule is O=C(OCC(=O)N1CCOC1=O)c1cc2ccccc2cc1O. The molecule has 3 rings (SSSR count). The summed E-state index contributed by atoms with van der Waals surface area (Å²) in [4.78, 5) is 35.9. The number of fused-ring (bicyclic) bond motifs is 1. The fourth-order valence-corrected chi connectivity index (χ4v) is 2.29. The zero-order valence-electron chi connectivity index (χ0n) is 12.0. The predicted molar refractivity (Wildman–Crippen MR) is 79.0 cm³/mol. The molecule has 2 aromatic carbocycles. The van der Waals surface area contributed by atoms with Crippen LogP contribution in [0.4, 0.5) is 4.79 Å². The summed E-state index contributed by atoms with van der Waals surface area (Å²) in [5.74, 6) is -1.74. The van der Waals surface area contributed by atoms with E-state index in [9.17, 15) is 19.5 Å². The van der Waals surface area contributed by atoms with Crippen molar-refractivity contribution >= 4 is 28.7 Å². The van der Waals surface area contributed by atoms with Crippen molar-refractivity contribution in [1.29, 1.82) is 0 Å². The molecule has 0 radical (unpaired) electrons. The number of imide groups is 1. The third kappa shape index (κ3) is 2.94. The molecule has 1 aliphatic rings. The lowest BCUT2D eigenvalue weighted by Gasteiger charge is -2.11. The maximum atomic E-state index is 12.0. The van der Waals surface area contributed by atoms with Crippen molar-refractivity contribution in [2.24, 2.45) is 0 Å². The molecule has 7 heteroatoms. The Morgan fingerprint density at radius 1 is 1.22 bits per heavy atom. The van der Waals surface area contributed by atoms with Gasteiger partial charge in [0.15, 0.2) is 6.61 Å². The van der Waals surface area contributed by atoms with Crippen LogP contribution in [0.5, 0.6) is 5.75 Å². The molecule has 1 aliphatic heterocycles. The quantitative estimate of drug-likeness (QED) is 0.866. The van der Waals surface area contributed by atoms with E-state index < -0.39 is 24.6 Å². The average Bonchev–Trinajstić information content (AvgIpc) is 2.97. The zero-order chi connectivity index (χ0) is 16.4. The van der Waals surface area contributed by atoms with Gasteiger partial charge in [-0.1, -0.05) is 24.3 Å². The van der Waals surface area contributed by atoms with Crippen molar-refractivity contribution in [1.82, 2.24) is 4.90 Å². The molecule has 1 heterocycles. The summed E-state index contributed by atoms with van der Waals surface area (Å²) in [6, 6.07) is 10.1. The number of aromatic hydroxyl groups is 1. The maximum absolute atomic E-state index is 12.0. The van der Waals surface area contributed by atoms with Crippen LogP contribution < -0.4 is 0 Å². The van der Waals surface area contributed by atoms with Crippen molar-refractivity contribution in [2.45, 2.75) is 0 Å². The normalized spacial score (nSPS) is 13.9. The third-order valence-electron chi connectivity index (χ3n) is 3.47. The van der Waals surface area contributed by atoms with Crippen molar-refractivity contribution in [2.75, 3.05) is 19.8 Å². The maximum Gasteiger partial charge on any atom is 0.416 e. The van der Waals surface area contributed by atoms with Gasteiger partial charge in [0.2, 0.25) is 0 Å². The van der Waals surface area contributed by atoms with Gasteiger partial charge < -0.3 is 14.6 Å². The van der Waals surface area contributed by atoms with Crippen LogP contribution in [-0.4, -0.2) is 47.7 Å². The number of rotatable bonds is 3. The molecule has 0 spiro atoms. The summed E-state index contributed by atoms with van der Waals surface area (Å²) >= 11 is 0. The Bertz CT molecular complexity index is 800. The molecular formula is C16H13NO6. The van der Waals surface area contributed by atoms with E-state index >= 15 is 0 Å². The zero-order valence-corrected chi connectivity index (χ0v) is 12.0. The molecule has 2 amide bonds. The van der Waals surface area contributed by atoms with E-state index in [1.807, 2.05) is 6.07 Å². The molecule has 118 valence electrons. The lowest BCUT2D eigenvalue weighted by Crippen LogP contribution is -2.35. The van der Waals surface area contributed by atoms with Gasteiger partial charge in [0.05, 0.1) is 6.54 Å². The number of carbonyl (C=O) groups is 3. The fraction of sp³-hybridized carbons (Fsp3) is 0.188. The highest BCUT2D eigenvalue weighted by molar-refractivity contribution is 6.00. The summed E-state index contributed by atoms with van der Waals surface area (Å²) < 4.78 is 9.51. The molecule has 0 bridgehead atoms. The second kappa shape index (κ2) is 5.96. The molecule has 7 nitrogen and oxygen atoms in total. The number of nitrogens with zero attached hydrogens (tertiary/aromatic N) is 1. The largest absolute Gasteiger partial charge is 0.507 e. The number of esters is 1. The summed E-state index contributed by atoms with van der Waals surface area (Å²) in [5.41, 5.74) is -0.0412. The minimum atomic E-state index is -0.839. The Balaban J connectivity index is 1.72. The fourth-order valence-electron chi connectivity index (χ4n) is 2.29. The van der Waals surface area contributed by atoms with Gasteiger partial charge in [0, 0.05) is 0 Å². The Morgan fingerprint density at radius 2 is 1.91 bits per heavy atom. The van der Waals surface area contributed by atoms with Crippen molar-refractivity contribution < 1.29 is 29.0 Å². The van der Waals surface area contributed by atoms with Gasteiger partial charge >= 0.3 is 12.1 Å². The van der Waals surface area contributed by atoms with E-state index in [4.69, 9.17) is 4.74 Å². The first-order valence-corrected chi connectivity index (χ1v) is 6.92. The number of benzene rings is 2. The van der Waals surface area contributed by atoms with Gasteiger partial charge in [0.1, 0.15) is 17.9 Å². The van der Waals surface area contributed by atoms with Gasteiger partial charge in [-0.15, -0.1) is 0 Å². The standard InChI is InChI=1S/C16H13NO6/c18-13-8-11-4-2-1-3-10(11)7-12(13)15(20)23-9-14(19)17-5-6-22-16(17)21/h1-4,7-8,18H,5-6,9H2. The number of cyclic esters (lactones) is 1. The number of carbonyl (C=O) groups excluding carboxylic acids is 3. The first-order valence-electron chi connectivity index (χ1n) is 6.92. The monoisotopic (exact) mass is 315 g/mol. The summed E-state index contributed by atoms with van der Waals surface area (Å²) in [5, 5.41) is 11.5. The van der Waals surface area contributed by atoms with E-state index in [1.165, 1.54) is 12.1 Å². The number of amides is 2. The first kappa shape index (κ1) is 14.8. The number of phenolic OH excluding ortho intramolecular Hbond substituents is 1. The van der Waals surface area contributed by atoms with Crippen LogP contribution in [0.2, 0.25) is 0 Å². The topological polar surface area (TPSA) is 93.1 Å². The van der Waals surface area contributed by atoms with Crippen molar-refractivity contribution in [3.63, 3.8) is 0 Å². The number of hydrogen-bond donors (Lipinski definition) is 1. The van der Waals surface area contributed by atoms with Gasteiger partial charge in [-0.25, -0.2) is 14.5 Å². The van der Waals surface area contributed by atoms with E-state index in [0.717, 1.165) is 15.7 Å². The molecule has 1 N–H and O–H groups in total. The van der Waals surface area contributed by atoms with Crippen molar-refractivity contribution in [3.8, 4) is 5.75 Å². The third-order valence-corrected chi connectivity index (χ3v) is 3.47. The Morgan fingerprint density at radius 3 is 2.57 bits per heavy atom. The molecule has 0 aromatic heterocycles. The molecule has 2 aromatic rings. The number of ether oxygens (including phenoxy) is 2. The van der Waals surface area contributed by atoms with E-state index in [2.05, 4.69) is 4.74 Å². The summed E-state index contributed by atoms with van der Waals surface area (Å²) in [6.07, 6.45) is -0.750. The summed E-state index contributed by atoms with van der Waals surface area (Å²) in [7, 11) is 0. The van der Waals surface area contributed by atoms with Gasteiger partial charge in [-0.3, -0.25) is 4.79 Å². The Kier molecular flexibility index (Phi) is 3.84. The minimum Gasteiger partial charge on any atom is -0.507 e. The van der Waals surface area contributed by atoms with Gasteiger partial charge in [-0.2, -0.15) is 0 Å². The predicted octanol–water partition coefficient (Wildman–Crippen LogP) is 1.68. The van der Waals surface area contributed by atoms with Crippen molar-refractivity contribution in [3.05, 3.63) is 42.0 Å². The smallest absolute Gasteiger partial charge is 0.416 e. The minimum absolute atomic E-state index is 0.0412. The van der Waals surface area contributed by atoms with E-state index in [0.29, 0.717) is 0 Å². The van der Waals surface area contributed by atoms with Gasteiger partial charge in [0.25, 0.3) is 5.91 Å². The number of hydrogen-bond acceptors (Lipinski definition) is 6. The molecule has 0 unspecified atom stereocenters.